The molecule has 1 atom stereocenters. The number of piperidine rings is 1. The lowest BCUT2D eigenvalue weighted by molar-refractivity contribution is -0.134. The number of hydrogen-bond donors (Lipinski definition) is 5. The summed E-state index contributed by atoms with van der Waals surface area (Å²) in [6, 6.07) is 17.4. The lowest BCUT2D eigenvalue weighted by Gasteiger charge is -2.33. The number of unbranched alkanes of at least 4 members (excludes halogenated alkanes) is 1. The third-order valence-electron chi connectivity index (χ3n) is 9.62. The normalized spacial score (nSPS) is 14.0. The number of hydrogen-bond acceptors (Lipinski definition) is 11. The molecule has 286 valence electrons. The number of carbonyl (C=O) groups is 2. The predicted octanol–water partition coefficient (Wildman–Crippen LogP) is 3.76. The first kappa shape index (κ1) is 39.5. The van der Waals surface area contributed by atoms with Crippen molar-refractivity contribution in [1.82, 2.24) is 45.4 Å². The second-order valence-electron chi connectivity index (χ2n) is 13.8. The molecule has 0 spiro atoms. The van der Waals surface area contributed by atoms with Gasteiger partial charge >= 0.3 is 0 Å². The average molecular weight is 727 g/mol. The van der Waals surface area contributed by atoms with Crippen molar-refractivity contribution < 1.29 is 9.59 Å². The van der Waals surface area contributed by atoms with Crippen molar-refractivity contribution in [3.63, 3.8) is 0 Å². The summed E-state index contributed by atoms with van der Waals surface area (Å²) in [5.41, 5.74) is 9.12. The Morgan fingerprint density at radius 3 is 2.55 bits per heavy atom. The third-order valence-corrected chi connectivity index (χ3v) is 9.62. The Kier molecular flexibility index (Phi) is 15.8. The maximum atomic E-state index is 13.3. The van der Waals surface area contributed by atoms with Gasteiger partial charge in [-0.2, -0.15) is 4.98 Å². The van der Waals surface area contributed by atoms with Gasteiger partial charge in [0, 0.05) is 50.6 Å². The summed E-state index contributed by atoms with van der Waals surface area (Å²) in [5.74, 6) is 1.23. The molecule has 0 aliphatic carbocycles. The molecule has 14 heteroatoms. The van der Waals surface area contributed by atoms with Crippen LogP contribution in [0.3, 0.4) is 0 Å². The van der Waals surface area contributed by atoms with Crippen molar-refractivity contribution in [2.75, 3.05) is 56.9 Å². The van der Waals surface area contributed by atoms with Gasteiger partial charge in [0.05, 0.1) is 24.3 Å². The first-order valence-electron chi connectivity index (χ1n) is 19.3. The van der Waals surface area contributed by atoms with E-state index >= 15 is 0 Å². The number of amides is 2. The second-order valence-corrected chi connectivity index (χ2v) is 13.8. The Labute approximate surface area is 313 Å². The Hall–Kier alpha value is -4.66. The zero-order valence-corrected chi connectivity index (χ0v) is 31.5. The van der Waals surface area contributed by atoms with E-state index in [1.165, 1.54) is 0 Å². The van der Waals surface area contributed by atoms with Gasteiger partial charge in [-0.05, 0) is 82.9 Å². The molecule has 2 amide bonds. The van der Waals surface area contributed by atoms with Gasteiger partial charge < -0.3 is 36.8 Å². The van der Waals surface area contributed by atoms with Crippen LogP contribution in [-0.4, -0.2) is 105 Å². The van der Waals surface area contributed by atoms with Crippen molar-refractivity contribution in [3.8, 4) is 0 Å². The molecular formula is C39H58N12O2. The number of nitrogens with zero attached hydrogens (tertiary/aromatic N) is 7. The molecule has 14 nitrogen and oxygen atoms in total. The van der Waals surface area contributed by atoms with Crippen LogP contribution in [0.1, 0.15) is 69.5 Å². The molecule has 4 aromatic rings. The number of nitrogens with two attached hydrogens (primary N) is 1. The fraction of sp³-hybridized carbons (Fsp3) is 0.538. The number of fused-ring (bicyclic) bond motifs is 1. The van der Waals surface area contributed by atoms with Crippen molar-refractivity contribution in [1.29, 1.82) is 0 Å². The summed E-state index contributed by atoms with van der Waals surface area (Å²) in [7, 11) is 1.97. The van der Waals surface area contributed by atoms with Crippen molar-refractivity contribution in [2.45, 2.75) is 90.0 Å². The van der Waals surface area contributed by atoms with E-state index in [9.17, 15) is 9.59 Å². The maximum Gasteiger partial charge on any atom is 0.239 e. The number of carbonyl (C=O) groups excluding carboxylic acids is 2. The SMILES string of the molecule is CCCCN(Cc1ccccc1)C(=O)[C@@H](N)CCC(=O)N1CCC(Nc2nc(NCc3cn(CCCNCCCNC)nn3)nc3ccccc23)CC1. The Bertz CT molecular complexity index is 1690. The summed E-state index contributed by atoms with van der Waals surface area (Å²) < 4.78 is 1.88. The lowest BCUT2D eigenvalue weighted by Crippen LogP contribution is -2.45. The average Bonchev–Trinajstić information content (AvgIpc) is 3.65. The Balaban J connectivity index is 1.08. The number of anilines is 2. The quantitative estimate of drug-likeness (QED) is 0.0748. The van der Waals surface area contributed by atoms with Crippen LogP contribution < -0.4 is 27.0 Å². The van der Waals surface area contributed by atoms with Crippen LogP contribution in [0.15, 0.2) is 60.8 Å². The molecule has 0 radical (unpaired) electrons. The summed E-state index contributed by atoms with van der Waals surface area (Å²) in [6.07, 6.45) is 8.12. The Morgan fingerprint density at radius 1 is 0.981 bits per heavy atom. The van der Waals surface area contributed by atoms with Crippen LogP contribution in [0.5, 0.6) is 0 Å². The van der Waals surface area contributed by atoms with E-state index in [1.807, 2.05) is 82.3 Å². The number of nitrogens with one attached hydrogen (secondary N) is 4. The van der Waals surface area contributed by atoms with Gasteiger partial charge in [-0.25, -0.2) is 4.98 Å². The molecule has 3 heterocycles. The summed E-state index contributed by atoms with van der Waals surface area (Å²) in [4.78, 5) is 39.9. The van der Waals surface area contributed by atoms with Crippen LogP contribution in [0, 0.1) is 0 Å². The highest BCUT2D eigenvalue weighted by Crippen LogP contribution is 2.25. The largest absolute Gasteiger partial charge is 0.367 e. The van der Waals surface area contributed by atoms with Gasteiger partial charge in [-0.1, -0.05) is 61.0 Å². The van der Waals surface area contributed by atoms with Crippen LogP contribution in [0.4, 0.5) is 11.8 Å². The fourth-order valence-electron chi connectivity index (χ4n) is 6.53. The van der Waals surface area contributed by atoms with Crippen LogP contribution >= 0.6 is 0 Å². The number of benzene rings is 2. The molecule has 5 rings (SSSR count). The van der Waals surface area contributed by atoms with Gasteiger partial charge in [0.25, 0.3) is 0 Å². The standard InChI is InChI=1S/C39H58N12O2/c1-3-4-23-50(28-30-12-6-5-7-13-30)38(53)34(40)16-17-36(52)49-25-18-31(19-26-49)44-37-33-14-8-9-15-35(33)45-39(46-37)43-27-32-29-51(48-47-32)24-11-22-42-21-10-20-41-2/h5-9,12-15,29,31,34,41-42H,3-4,10-11,16-28,40H2,1-2H3,(H2,43,44,45,46)/t34-/m0/s1. The lowest BCUT2D eigenvalue weighted by atomic mass is 10.0. The zero-order valence-electron chi connectivity index (χ0n) is 31.5. The van der Waals surface area contributed by atoms with Gasteiger partial charge in [-0.3, -0.25) is 14.3 Å². The van der Waals surface area contributed by atoms with E-state index in [4.69, 9.17) is 15.7 Å². The fourth-order valence-corrected chi connectivity index (χ4v) is 6.53. The van der Waals surface area contributed by atoms with Crippen molar-refractivity contribution in [3.05, 3.63) is 72.1 Å². The number of aromatic nitrogens is 5. The number of likely N-dealkylation sites (tertiary alicyclic amines) is 1. The number of rotatable bonds is 22. The smallest absolute Gasteiger partial charge is 0.239 e. The zero-order chi connectivity index (χ0) is 37.3. The van der Waals surface area contributed by atoms with Crippen LogP contribution in [-0.2, 0) is 29.2 Å². The Morgan fingerprint density at radius 2 is 1.75 bits per heavy atom. The van der Waals surface area contributed by atoms with E-state index in [0.717, 1.165) is 92.7 Å². The molecule has 0 saturated carbocycles. The molecule has 2 aromatic heterocycles. The predicted molar refractivity (Wildman–Crippen MR) is 210 cm³/mol. The van der Waals surface area contributed by atoms with E-state index in [0.29, 0.717) is 45.1 Å². The first-order valence-corrected chi connectivity index (χ1v) is 19.3. The summed E-state index contributed by atoms with van der Waals surface area (Å²) in [5, 5.41) is 23.2. The molecule has 1 aliphatic rings. The highest BCUT2D eigenvalue weighted by molar-refractivity contribution is 5.90. The van der Waals surface area contributed by atoms with E-state index in [-0.39, 0.29) is 24.3 Å². The third kappa shape index (κ3) is 12.5. The molecule has 1 fully saturated rings. The van der Waals surface area contributed by atoms with Crippen molar-refractivity contribution in [2.24, 2.45) is 5.73 Å². The molecular weight excluding hydrogens is 669 g/mol. The van der Waals surface area contributed by atoms with Gasteiger partial charge in [0.15, 0.2) is 0 Å². The molecule has 53 heavy (non-hydrogen) atoms. The van der Waals surface area contributed by atoms with Crippen LogP contribution in [0.2, 0.25) is 0 Å². The highest BCUT2D eigenvalue weighted by atomic mass is 16.2. The monoisotopic (exact) mass is 726 g/mol. The summed E-state index contributed by atoms with van der Waals surface area (Å²) >= 11 is 0. The molecule has 0 bridgehead atoms. The minimum Gasteiger partial charge on any atom is -0.367 e. The van der Waals surface area contributed by atoms with Gasteiger partial charge in [0.1, 0.15) is 11.5 Å². The van der Waals surface area contributed by atoms with Crippen LogP contribution in [0.25, 0.3) is 10.9 Å². The number of para-hydroxylation sites is 1. The first-order chi connectivity index (χ1) is 25.9. The van der Waals surface area contributed by atoms with E-state index in [1.54, 1.807) is 0 Å². The molecule has 6 N–H and O–H groups in total. The van der Waals surface area contributed by atoms with Gasteiger partial charge in [0.2, 0.25) is 17.8 Å². The molecule has 1 aliphatic heterocycles. The van der Waals surface area contributed by atoms with E-state index in [2.05, 4.69) is 38.5 Å². The second kappa shape index (κ2) is 21.1. The van der Waals surface area contributed by atoms with E-state index < -0.39 is 6.04 Å². The van der Waals surface area contributed by atoms with Crippen molar-refractivity contribution >= 4 is 34.5 Å². The highest BCUT2D eigenvalue weighted by Gasteiger charge is 2.26. The number of aryl methyl sites for hydroxylation is 1. The topological polar surface area (TPSA) is 171 Å². The minimum atomic E-state index is -0.703. The minimum absolute atomic E-state index is 0.0441. The summed E-state index contributed by atoms with van der Waals surface area (Å²) in [6.45, 7) is 8.78. The van der Waals surface area contributed by atoms with Gasteiger partial charge in [-0.15, -0.1) is 5.10 Å². The molecule has 2 aromatic carbocycles. The molecule has 0 unspecified atom stereocenters. The molecule has 1 saturated heterocycles. The maximum absolute atomic E-state index is 13.3.